The smallest absolute Gasteiger partial charge is 0.264 e. The molecular formula is C35H37Cl2N3O4S. The number of aryl methyl sites for hydroxylation is 1. The molecule has 0 fully saturated rings. The summed E-state index contributed by atoms with van der Waals surface area (Å²) >= 11 is 12.5. The van der Waals surface area contributed by atoms with Crippen molar-refractivity contribution in [2.75, 3.05) is 10.8 Å². The highest BCUT2D eigenvalue weighted by Gasteiger charge is 2.35. The predicted molar refractivity (Wildman–Crippen MR) is 181 cm³/mol. The summed E-state index contributed by atoms with van der Waals surface area (Å²) in [4.78, 5) is 29.9. The molecule has 0 aliphatic rings. The summed E-state index contributed by atoms with van der Waals surface area (Å²) in [5.41, 5.74) is 2.48. The van der Waals surface area contributed by atoms with Gasteiger partial charge in [0.05, 0.1) is 10.6 Å². The standard InChI is InChI=1S/C35H37Cl2N3O4S/c1-4-26(3)38-35(42)33(21-27-11-7-5-8-12-27)39(23-28-16-19-29(36)20-17-28)34(41)24-40(32-22-30(37)18-15-25(32)2)45(43,44)31-13-9-6-10-14-31/h5-20,22,26,33H,4,21,23-24H2,1-3H3,(H,38,42)/t26-,33-/m1/s1. The molecule has 0 unspecified atom stereocenters. The number of halogens is 2. The Balaban J connectivity index is 1.83. The molecule has 2 amide bonds. The molecule has 4 rings (SSSR count). The number of sulfonamides is 1. The van der Waals surface area contributed by atoms with Crippen molar-refractivity contribution in [3.63, 3.8) is 0 Å². The summed E-state index contributed by atoms with van der Waals surface area (Å²) in [7, 11) is -4.22. The number of carbonyl (C=O) groups is 2. The van der Waals surface area contributed by atoms with E-state index in [0.717, 1.165) is 15.4 Å². The van der Waals surface area contributed by atoms with Gasteiger partial charge in [0.15, 0.2) is 0 Å². The molecule has 0 saturated heterocycles. The van der Waals surface area contributed by atoms with Crippen LogP contribution in [0.3, 0.4) is 0 Å². The van der Waals surface area contributed by atoms with Crippen LogP contribution in [0.5, 0.6) is 0 Å². The lowest BCUT2D eigenvalue weighted by atomic mass is 10.0. The van der Waals surface area contributed by atoms with Gasteiger partial charge in [0.25, 0.3) is 10.0 Å². The predicted octanol–water partition coefficient (Wildman–Crippen LogP) is 7.05. The SMILES string of the molecule is CC[C@@H](C)NC(=O)[C@@H](Cc1ccccc1)N(Cc1ccc(Cl)cc1)C(=O)CN(c1cc(Cl)ccc1C)S(=O)(=O)c1ccccc1. The molecule has 0 saturated carbocycles. The number of anilines is 1. The second-order valence-electron chi connectivity index (χ2n) is 10.9. The molecule has 0 bridgehead atoms. The zero-order chi connectivity index (χ0) is 32.6. The minimum atomic E-state index is -4.22. The van der Waals surface area contributed by atoms with Gasteiger partial charge in [-0.3, -0.25) is 13.9 Å². The molecule has 10 heteroatoms. The van der Waals surface area contributed by atoms with Crippen molar-refractivity contribution in [1.82, 2.24) is 10.2 Å². The van der Waals surface area contributed by atoms with Gasteiger partial charge in [-0.2, -0.15) is 0 Å². The van der Waals surface area contributed by atoms with E-state index in [4.69, 9.17) is 23.2 Å². The Labute approximate surface area is 275 Å². The van der Waals surface area contributed by atoms with E-state index in [1.54, 1.807) is 61.5 Å². The Morgan fingerprint density at radius 1 is 0.822 bits per heavy atom. The Morgan fingerprint density at radius 2 is 1.42 bits per heavy atom. The molecule has 0 aliphatic carbocycles. The molecule has 0 aromatic heterocycles. The summed E-state index contributed by atoms with van der Waals surface area (Å²) in [6.45, 7) is 5.11. The number of nitrogens with zero attached hydrogens (tertiary/aromatic N) is 2. The van der Waals surface area contributed by atoms with Crippen molar-refractivity contribution in [1.29, 1.82) is 0 Å². The minimum Gasteiger partial charge on any atom is -0.352 e. The molecule has 4 aromatic carbocycles. The first kappa shape index (κ1) is 34.0. The van der Waals surface area contributed by atoms with Crippen LogP contribution in [-0.4, -0.2) is 43.8 Å². The van der Waals surface area contributed by atoms with Crippen molar-refractivity contribution in [2.45, 2.75) is 57.1 Å². The van der Waals surface area contributed by atoms with Crippen LogP contribution >= 0.6 is 23.2 Å². The number of rotatable bonds is 13. The first-order valence-corrected chi connectivity index (χ1v) is 16.9. The molecule has 1 N–H and O–H groups in total. The summed E-state index contributed by atoms with van der Waals surface area (Å²) < 4.78 is 29.4. The number of hydrogen-bond acceptors (Lipinski definition) is 4. The first-order chi connectivity index (χ1) is 21.5. The van der Waals surface area contributed by atoms with E-state index in [0.29, 0.717) is 22.0 Å². The quantitative estimate of drug-likeness (QED) is 0.166. The van der Waals surface area contributed by atoms with E-state index in [9.17, 15) is 18.0 Å². The van der Waals surface area contributed by atoms with Crippen molar-refractivity contribution in [3.05, 3.63) is 130 Å². The average molecular weight is 667 g/mol. The van der Waals surface area contributed by atoms with Gasteiger partial charge < -0.3 is 10.2 Å². The van der Waals surface area contributed by atoms with Crippen LogP contribution in [-0.2, 0) is 32.6 Å². The van der Waals surface area contributed by atoms with Crippen LogP contribution in [0.2, 0.25) is 10.0 Å². The third-order valence-corrected chi connectivity index (χ3v) is 9.85. The Hall–Kier alpha value is -3.85. The molecule has 4 aromatic rings. The van der Waals surface area contributed by atoms with E-state index >= 15 is 0 Å². The van der Waals surface area contributed by atoms with Crippen LogP contribution < -0.4 is 9.62 Å². The molecule has 0 spiro atoms. The van der Waals surface area contributed by atoms with Crippen molar-refractivity contribution in [3.8, 4) is 0 Å². The molecule has 236 valence electrons. The van der Waals surface area contributed by atoms with E-state index in [-0.39, 0.29) is 35.5 Å². The van der Waals surface area contributed by atoms with Crippen LogP contribution in [0, 0.1) is 6.92 Å². The summed E-state index contributed by atoms with van der Waals surface area (Å²) in [5, 5.41) is 3.89. The van der Waals surface area contributed by atoms with Gasteiger partial charge in [-0.05, 0) is 73.4 Å². The van der Waals surface area contributed by atoms with Crippen molar-refractivity contribution in [2.24, 2.45) is 0 Å². The Bertz CT molecular complexity index is 1700. The zero-order valence-electron chi connectivity index (χ0n) is 25.5. The van der Waals surface area contributed by atoms with Gasteiger partial charge in [0, 0.05) is 29.1 Å². The van der Waals surface area contributed by atoms with Crippen molar-refractivity contribution >= 4 is 50.7 Å². The molecule has 0 heterocycles. The topological polar surface area (TPSA) is 86.8 Å². The Morgan fingerprint density at radius 3 is 2.04 bits per heavy atom. The number of nitrogens with one attached hydrogen (secondary N) is 1. The number of benzene rings is 4. The van der Waals surface area contributed by atoms with Gasteiger partial charge in [-0.25, -0.2) is 8.42 Å². The Kier molecular flexibility index (Phi) is 11.7. The molecule has 7 nitrogen and oxygen atoms in total. The van der Waals surface area contributed by atoms with Crippen LogP contribution in [0.25, 0.3) is 0 Å². The third kappa shape index (κ3) is 8.87. The van der Waals surface area contributed by atoms with E-state index in [1.165, 1.54) is 23.1 Å². The lowest BCUT2D eigenvalue weighted by Crippen LogP contribution is -2.54. The molecule has 0 aliphatic heterocycles. The lowest BCUT2D eigenvalue weighted by molar-refractivity contribution is -0.140. The second-order valence-corrected chi connectivity index (χ2v) is 13.7. The summed E-state index contributed by atoms with van der Waals surface area (Å²) in [6.07, 6.45) is 0.927. The van der Waals surface area contributed by atoms with E-state index < -0.39 is 28.5 Å². The third-order valence-electron chi connectivity index (χ3n) is 7.59. The largest absolute Gasteiger partial charge is 0.352 e. The maximum atomic E-state index is 14.5. The highest BCUT2D eigenvalue weighted by Crippen LogP contribution is 2.30. The van der Waals surface area contributed by atoms with Gasteiger partial charge in [0.2, 0.25) is 11.8 Å². The summed E-state index contributed by atoms with van der Waals surface area (Å²) in [5.74, 6) is -0.879. The fraction of sp³-hybridized carbons (Fsp3) is 0.257. The number of hydrogen-bond donors (Lipinski definition) is 1. The van der Waals surface area contributed by atoms with E-state index in [2.05, 4.69) is 5.32 Å². The number of carbonyl (C=O) groups excluding carboxylic acids is 2. The lowest BCUT2D eigenvalue weighted by Gasteiger charge is -2.34. The van der Waals surface area contributed by atoms with E-state index in [1.807, 2.05) is 44.2 Å². The van der Waals surface area contributed by atoms with Gasteiger partial charge in [0.1, 0.15) is 12.6 Å². The van der Waals surface area contributed by atoms with Gasteiger partial charge in [-0.15, -0.1) is 0 Å². The zero-order valence-corrected chi connectivity index (χ0v) is 27.8. The van der Waals surface area contributed by atoms with Crippen LogP contribution in [0.1, 0.15) is 37.0 Å². The molecular weight excluding hydrogens is 629 g/mol. The average Bonchev–Trinajstić information content (AvgIpc) is 3.04. The fourth-order valence-electron chi connectivity index (χ4n) is 4.87. The van der Waals surface area contributed by atoms with Crippen molar-refractivity contribution < 1.29 is 18.0 Å². The van der Waals surface area contributed by atoms with Crippen LogP contribution in [0.15, 0.2) is 108 Å². The maximum Gasteiger partial charge on any atom is 0.264 e. The number of amides is 2. The monoisotopic (exact) mass is 665 g/mol. The van der Waals surface area contributed by atoms with Gasteiger partial charge >= 0.3 is 0 Å². The highest BCUT2D eigenvalue weighted by molar-refractivity contribution is 7.92. The molecule has 0 radical (unpaired) electrons. The highest BCUT2D eigenvalue weighted by atomic mass is 35.5. The molecule has 2 atom stereocenters. The maximum absolute atomic E-state index is 14.5. The molecule has 45 heavy (non-hydrogen) atoms. The van der Waals surface area contributed by atoms with Crippen LogP contribution in [0.4, 0.5) is 5.69 Å². The summed E-state index contributed by atoms with van der Waals surface area (Å²) in [6, 6.07) is 28.2. The first-order valence-electron chi connectivity index (χ1n) is 14.7. The van der Waals surface area contributed by atoms with Gasteiger partial charge in [-0.1, -0.05) is 96.9 Å². The second kappa shape index (κ2) is 15.4. The fourth-order valence-corrected chi connectivity index (χ4v) is 6.65. The normalized spacial score (nSPS) is 12.6. The minimum absolute atomic E-state index is 0.0248.